The highest BCUT2D eigenvalue weighted by Gasteiger charge is 2.35. The summed E-state index contributed by atoms with van der Waals surface area (Å²) in [6.07, 6.45) is 5.90. The third kappa shape index (κ3) is 10.2. The van der Waals surface area contributed by atoms with Gasteiger partial charge < -0.3 is 25.2 Å². The fraction of sp³-hybridized carbons (Fsp3) is 0.500. The fourth-order valence-electron chi connectivity index (χ4n) is 8.59. The van der Waals surface area contributed by atoms with E-state index in [0.717, 1.165) is 101 Å². The van der Waals surface area contributed by atoms with Gasteiger partial charge in [-0.05, 0) is 92.8 Å². The van der Waals surface area contributed by atoms with Crippen LogP contribution in [-0.2, 0) is 20.8 Å². The Bertz CT molecular complexity index is 1970. The maximum absolute atomic E-state index is 14.2. The number of nitrogens with zero attached hydrogens (tertiary/aromatic N) is 7. The number of nitrogens with two attached hydrogens (primary N) is 1. The number of primary amides is 1. The Morgan fingerprint density at radius 3 is 2.35 bits per heavy atom. The molecule has 4 aliphatic rings. The number of nitriles is 1. The molecule has 14 nitrogen and oxygen atoms in total. The quantitative estimate of drug-likeness (QED) is 0.254. The minimum absolute atomic E-state index is 0.0225. The zero-order valence-corrected chi connectivity index (χ0v) is 32.9. The van der Waals surface area contributed by atoms with Crippen molar-refractivity contribution in [3.05, 3.63) is 76.4 Å². The van der Waals surface area contributed by atoms with Crippen molar-refractivity contribution in [3.63, 3.8) is 0 Å². The second-order valence-corrected chi connectivity index (χ2v) is 16.1. The van der Waals surface area contributed by atoms with Crippen molar-refractivity contribution in [1.82, 2.24) is 25.3 Å². The molecule has 4 fully saturated rings. The number of halogens is 1. The van der Waals surface area contributed by atoms with Gasteiger partial charge in [-0.3, -0.25) is 29.4 Å². The average Bonchev–Trinajstić information content (AvgIpc) is 3.22. The third-order valence-corrected chi connectivity index (χ3v) is 12.2. The number of anilines is 2. The van der Waals surface area contributed by atoms with Crippen molar-refractivity contribution in [2.75, 3.05) is 62.2 Å². The summed E-state index contributed by atoms with van der Waals surface area (Å²) < 4.78 is 6.22. The van der Waals surface area contributed by atoms with Crippen molar-refractivity contribution < 1.29 is 23.9 Å². The van der Waals surface area contributed by atoms with E-state index in [4.69, 9.17) is 22.1 Å². The highest BCUT2D eigenvalue weighted by atomic mass is 35.5. The Hall–Kier alpha value is -5.26. The minimum atomic E-state index is -0.576. The summed E-state index contributed by atoms with van der Waals surface area (Å²) in [5, 5.41) is 20.2. The van der Waals surface area contributed by atoms with E-state index in [1.807, 2.05) is 23.1 Å². The molecule has 57 heavy (non-hydrogen) atoms. The van der Waals surface area contributed by atoms with Gasteiger partial charge in [0.15, 0.2) is 11.5 Å². The second-order valence-electron chi connectivity index (χ2n) is 15.7. The number of carbonyl (C=O) groups excluding carboxylic acids is 4. The molecule has 1 aromatic heterocycles. The van der Waals surface area contributed by atoms with Crippen LogP contribution in [0.5, 0.6) is 5.75 Å². The summed E-state index contributed by atoms with van der Waals surface area (Å²) in [7, 11) is 0. The predicted molar refractivity (Wildman–Crippen MR) is 215 cm³/mol. The molecule has 4 heterocycles. The Labute approximate surface area is 338 Å². The number of ether oxygens (including phenoxy) is 1. The van der Waals surface area contributed by atoms with Crippen LogP contribution >= 0.6 is 11.6 Å². The molecule has 3 N–H and O–H groups in total. The van der Waals surface area contributed by atoms with Gasteiger partial charge in [-0.2, -0.15) is 5.26 Å². The summed E-state index contributed by atoms with van der Waals surface area (Å²) in [4.78, 5) is 59.3. The van der Waals surface area contributed by atoms with Crippen molar-refractivity contribution >= 4 is 46.7 Å². The molecule has 15 heteroatoms. The smallest absolute Gasteiger partial charge is 0.269 e. The molecule has 1 atom stereocenters. The Morgan fingerprint density at radius 2 is 1.68 bits per heavy atom. The molecule has 1 unspecified atom stereocenters. The van der Waals surface area contributed by atoms with Gasteiger partial charge in [0, 0.05) is 76.6 Å². The van der Waals surface area contributed by atoms with Crippen molar-refractivity contribution in [3.8, 4) is 11.8 Å². The predicted octanol–water partition coefficient (Wildman–Crippen LogP) is 3.95. The van der Waals surface area contributed by atoms with Crippen LogP contribution in [0.3, 0.4) is 0 Å². The van der Waals surface area contributed by atoms with Crippen LogP contribution in [0.25, 0.3) is 0 Å². The second kappa shape index (κ2) is 18.3. The number of piperidine rings is 2. The largest absolute Gasteiger partial charge is 0.490 e. The molecule has 3 saturated heterocycles. The number of imide groups is 1. The van der Waals surface area contributed by atoms with Crippen LogP contribution in [-0.4, -0.2) is 108 Å². The maximum Gasteiger partial charge on any atom is 0.269 e. The summed E-state index contributed by atoms with van der Waals surface area (Å²) in [5.74, 6) is 0.377. The SMILES string of the molecule is N#Cc1ccc(OC2CCC(N(CC3CCC(=O)NC3=O)C(=O)Cc3cccc(N4CCN(CC5CCN(c6ccc(C(N)=O)nn6)CC5)CC4)c3)CC2)cc1Cl. The van der Waals surface area contributed by atoms with E-state index in [-0.39, 0.29) is 54.9 Å². The first-order chi connectivity index (χ1) is 27.6. The lowest BCUT2D eigenvalue weighted by Crippen LogP contribution is -2.51. The molecule has 0 radical (unpaired) electrons. The third-order valence-electron chi connectivity index (χ3n) is 11.9. The number of hydrogen-bond donors (Lipinski definition) is 2. The first-order valence-electron chi connectivity index (χ1n) is 20.1. The molecular weight excluding hydrogens is 746 g/mol. The molecule has 1 saturated carbocycles. The average molecular weight is 796 g/mol. The highest BCUT2D eigenvalue weighted by Crippen LogP contribution is 2.31. The van der Waals surface area contributed by atoms with Gasteiger partial charge in [0.1, 0.15) is 11.8 Å². The molecular formula is C42H50ClN9O5. The van der Waals surface area contributed by atoms with E-state index in [2.05, 4.69) is 48.4 Å². The number of nitrogens with one attached hydrogen (secondary N) is 1. The molecule has 7 rings (SSSR count). The molecule has 1 aliphatic carbocycles. The first-order valence-corrected chi connectivity index (χ1v) is 20.4. The number of hydrogen-bond acceptors (Lipinski definition) is 11. The van der Waals surface area contributed by atoms with Crippen molar-refractivity contribution in [2.24, 2.45) is 17.6 Å². The lowest BCUT2D eigenvalue weighted by atomic mass is 9.89. The molecule has 300 valence electrons. The topological polar surface area (TPSA) is 178 Å². The van der Waals surface area contributed by atoms with Gasteiger partial charge in [0.25, 0.3) is 5.91 Å². The summed E-state index contributed by atoms with van der Waals surface area (Å²) in [5.41, 5.74) is 7.91. The molecule has 0 bridgehead atoms. The van der Waals surface area contributed by atoms with Gasteiger partial charge in [-0.1, -0.05) is 23.7 Å². The Balaban J connectivity index is 0.917. The van der Waals surface area contributed by atoms with E-state index in [0.29, 0.717) is 28.7 Å². The number of benzene rings is 2. The van der Waals surface area contributed by atoms with E-state index >= 15 is 0 Å². The van der Waals surface area contributed by atoms with Gasteiger partial charge in [0.2, 0.25) is 17.7 Å². The fourth-order valence-corrected chi connectivity index (χ4v) is 8.81. The van der Waals surface area contributed by atoms with Crippen LogP contribution in [0.15, 0.2) is 54.6 Å². The maximum atomic E-state index is 14.2. The molecule has 2 aromatic carbocycles. The standard InChI is InChI=1S/C42H50ClN9O5/c43-36-24-35(8-4-30(36)25-44)57-34-9-6-32(7-10-34)52(27-31-5-13-39(53)46-42(31)56)40(54)23-29-2-1-3-33(22-29)50-20-18-49(19-21-50)26-28-14-16-51(17-15-28)38-12-11-37(41(45)55)47-48-38/h1-4,8,11-12,22,24,28,31-32,34H,5-7,9-10,13-21,23,26-27H2,(H2,45,55)(H,46,53,56). The van der Waals surface area contributed by atoms with Crippen molar-refractivity contribution in [2.45, 2.75) is 69.9 Å². The van der Waals surface area contributed by atoms with Crippen LogP contribution in [0.1, 0.15) is 73.0 Å². The summed E-state index contributed by atoms with van der Waals surface area (Å²) in [6.45, 7) is 6.87. The molecule has 3 aromatic rings. The van der Waals surface area contributed by atoms with Crippen LogP contribution < -0.4 is 25.6 Å². The van der Waals surface area contributed by atoms with E-state index in [9.17, 15) is 24.4 Å². The first kappa shape index (κ1) is 40.0. The van der Waals surface area contributed by atoms with Crippen molar-refractivity contribution in [1.29, 1.82) is 5.26 Å². The van der Waals surface area contributed by atoms with Gasteiger partial charge in [-0.15, -0.1) is 10.2 Å². The zero-order chi connectivity index (χ0) is 39.9. The Morgan fingerprint density at radius 1 is 0.912 bits per heavy atom. The lowest BCUT2D eigenvalue weighted by Gasteiger charge is -2.40. The number of amides is 4. The number of aromatic nitrogens is 2. The highest BCUT2D eigenvalue weighted by molar-refractivity contribution is 6.31. The lowest BCUT2D eigenvalue weighted by molar-refractivity contribution is -0.140. The monoisotopic (exact) mass is 795 g/mol. The van der Waals surface area contributed by atoms with E-state index < -0.39 is 11.8 Å². The molecule has 0 spiro atoms. The zero-order valence-electron chi connectivity index (χ0n) is 32.2. The van der Waals surface area contributed by atoms with Crippen LogP contribution in [0.2, 0.25) is 5.02 Å². The van der Waals surface area contributed by atoms with Gasteiger partial charge in [0.05, 0.1) is 29.0 Å². The normalized spacial score (nSPS) is 22.1. The van der Waals surface area contributed by atoms with Crippen LogP contribution in [0.4, 0.5) is 11.5 Å². The van der Waals surface area contributed by atoms with Gasteiger partial charge in [-0.25, -0.2) is 0 Å². The molecule has 4 amide bonds. The Kier molecular flexibility index (Phi) is 12.9. The van der Waals surface area contributed by atoms with E-state index in [1.165, 1.54) is 0 Å². The minimum Gasteiger partial charge on any atom is -0.490 e. The number of rotatable bonds is 12. The number of carbonyl (C=O) groups is 4. The van der Waals surface area contributed by atoms with Gasteiger partial charge >= 0.3 is 0 Å². The summed E-state index contributed by atoms with van der Waals surface area (Å²) in [6, 6.07) is 18.8. The van der Waals surface area contributed by atoms with Crippen LogP contribution in [0, 0.1) is 23.2 Å². The summed E-state index contributed by atoms with van der Waals surface area (Å²) >= 11 is 6.23. The number of piperazine rings is 1. The molecule has 3 aliphatic heterocycles. The van der Waals surface area contributed by atoms with E-state index in [1.54, 1.807) is 24.3 Å².